The van der Waals surface area contributed by atoms with Crippen LogP contribution in [0.3, 0.4) is 0 Å². The third kappa shape index (κ3) is 2.86. The maximum absolute atomic E-state index is 12.6. The zero-order valence-corrected chi connectivity index (χ0v) is 14.6. The Labute approximate surface area is 145 Å². The van der Waals surface area contributed by atoms with Crippen molar-refractivity contribution in [2.24, 2.45) is 7.05 Å². The van der Waals surface area contributed by atoms with Gasteiger partial charge in [0, 0.05) is 56.1 Å². The molecule has 1 saturated heterocycles. The molecule has 4 rings (SSSR count). The molecular weight excluding hydrogens is 324 g/mol. The van der Waals surface area contributed by atoms with Gasteiger partial charge in [0.2, 0.25) is 0 Å². The van der Waals surface area contributed by atoms with Crippen LogP contribution in [0.15, 0.2) is 17.8 Å². The zero-order valence-electron chi connectivity index (χ0n) is 13.8. The molecule has 7 nitrogen and oxygen atoms in total. The lowest BCUT2D eigenvalue weighted by molar-refractivity contribution is 0.189. The number of aryl methyl sites for hydroxylation is 1. The molecule has 0 spiro atoms. The van der Waals surface area contributed by atoms with E-state index in [4.69, 9.17) is 0 Å². The van der Waals surface area contributed by atoms with E-state index in [1.807, 2.05) is 34.4 Å². The number of thiazole rings is 1. The van der Waals surface area contributed by atoms with Crippen LogP contribution in [0.25, 0.3) is 0 Å². The van der Waals surface area contributed by atoms with Crippen molar-refractivity contribution < 1.29 is 4.79 Å². The second-order valence-electron chi connectivity index (χ2n) is 6.35. The highest BCUT2D eigenvalue weighted by Gasteiger charge is 2.28. The van der Waals surface area contributed by atoms with Crippen LogP contribution >= 0.6 is 11.3 Å². The maximum atomic E-state index is 12.6. The average Bonchev–Trinajstić information content (AvgIpc) is 3.26. The molecule has 0 saturated carbocycles. The van der Waals surface area contributed by atoms with E-state index in [2.05, 4.69) is 20.3 Å². The third-order valence-corrected chi connectivity index (χ3v) is 5.76. The van der Waals surface area contributed by atoms with Crippen LogP contribution in [-0.2, 0) is 13.5 Å². The van der Waals surface area contributed by atoms with E-state index < -0.39 is 0 Å². The number of nitrogens with one attached hydrogen (secondary N) is 1. The summed E-state index contributed by atoms with van der Waals surface area (Å²) in [6, 6.07) is 0.127. The van der Waals surface area contributed by atoms with Crippen LogP contribution in [0.1, 0.15) is 30.1 Å². The number of aromatic nitrogens is 3. The van der Waals surface area contributed by atoms with E-state index in [1.165, 1.54) is 11.3 Å². The molecule has 0 radical (unpaired) electrons. The number of anilines is 1. The summed E-state index contributed by atoms with van der Waals surface area (Å²) in [6.07, 6.45) is 6.86. The number of hydrogen-bond donors (Lipinski definition) is 1. The minimum Gasteiger partial charge on any atom is -0.345 e. The average molecular weight is 346 g/mol. The number of fused-ring (bicyclic) bond motifs is 1. The summed E-state index contributed by atoms with van der Waals surface area (Å²) < 4.78 is 1.93. The van der Waals surface area contributed by atoms with E-state index >= 15 is 0 Å². The Kier molecular flexibility index (Phi) is 4.13. The van der Waals surface area contributed by atoms with Crippen molar-refractivity contribution in [1.29, 1.82) is 0 Å². The Bertz CT molecular complexity index is 704. The van der Waals surface area contributed by atoms with E-state index in [0.29, 0.717) is 0 Å². The van der Waals surface area contributed by atoms with Gasteiger partial charge in [0.15, 0.2) is 5.13 Å². The first-order chi connectivity index (χ1) is 11.7. The van der Waals surface area contributed by atoms with Gasteiger partial charge in [-0.25, -0.2) is 9.78 Å². The monoisotopic (exact) mass is 346 g/mol. The molecule has 1 aliphatic heterocycles. The van der Waals surface area contributed by atoms with Crippen molar-refractivity contribution in [3.63, 3.8) is 0 Å². The summed E-state index contributed by atoms with van der Waals surface area (Å²) in [5.41, 5.74) is 2.43. The molecule has 2 aromatic rings. The first-order valence-corrected chi connectivity index (χ1v) is 9.31. The molecule has 1 N–H and O–H groups in total. The smallest absolute Gasteiger partial charge is 0.318 e. The van der Waals surface area contributed by atoms with Crippen molar-refractivity contribution in [1.82, 2.24) is 25.0 Å². The number of rotatable bonds is 2. The minimum absolute atomic E-state index is 0.0375. The summed E-state index contributed by atoms with van der Waals surface area (Å²) in [7, 11) is 1.97. The van der Waals surface area contributed by atoms with Gasteiger partial charge in [-0.3, -0.25) is 4.68 Å². The van der Waals surface area contributed by atoms with Crippen LogP contribution in [0, 0.1) is 0 Å². The van der Waals surface area contributed by atoms with Crippen molar-refractivity contribution in [3.05, 3.63) is 29.0 Å². The molecule has 24 heavy (non-hydrogen) atoms. The van der Waals surface area contributed by atoms with Crippen molar-refractivity contribution >= 4 is 22.5 Å². The molecule has 0 aromatic carbocycles. The third-order valence-electron chi connectivity index (χ3n) is 4.93. The number of hydrogen-bond acceptors (Lipinski definition) is 5. The predicted molar refractivity (Wildman–Crippen MR) is 93.3 cm³/mol. The SMILES string of the molecule is Cn1ncc2c1CCC[C@H]2NC(=O)N1CCN(c2nccs2)CC1. The van der Waals surface area contributed by atoms with Crippen molar-refractivity contribution in [3.8, 4) is 0 Å². The van der Waals surface area contributed by atoms with Gasteiger partial charge >= 0.3 is 6.03 Å². The zero-order chi connectivity index (χ0) is 16.5. The number of urea groups is 1. The molecule has 1 aliphatic carbocycles. The summed E-state index contributed by atoms with van der Waals surface area (Å²) in [5.74, 6) is 0. The molecule has 2 aromatic heterocycles. The quantitative estimate of drug-likeness (QED) is 0.900. The maximum Gasteiger partial charge on any atom is 0.318 e. The number of carbonyl (C=O) groups is 1. The van der Waals surface area contributed by atoms with Gasteiger partial charge in [-0.2, -0.15) is 5.10 Å². The summed E-state index contributed by atoms with van der Waals surface area (Å²) in [4.78, 5) is 21.1. The normalized spacial score (nSPS) is 20.8. The van der Waals surface area contributed by atoms with E-state index in [-0.39, 0.29) is 12.1 Å². The van der Waals surface area contributed by atoms with Gasteiger partial charge in [-0.1, -0.05) is 0 Å². The fourth-order valence-electron chi connectivity index (χ4n) is 3.57. The summed E-state index contributed by atoms with van der Waals surface area (Å²) >= 11 is 1.65. The lowest BCUT2D eigenvalue weighted by atomic mass is 9.93. The first kappa shape index (κ1) is 15.4. The minimum atomic E-state index is 0.0375. The van der Waals surface area contributed by atoms with Crippen LogP contribution in [-0.4, -0.2) is 51.9 Å². The molecule has 0 bridgehead atoms. The highest BCUT2D eigenvalue weighted by atomic mass is 32.1. The summed E-state index contributed by atoms with van der Waals surface area (Å²) in [5, 5.41) is 10.6. The van der Waals surface area contributed by atoms with Gasteiger partial charge in [-0.15, -0.1) is 11.3 Å². The Hall–Kier alpha value is -2.09. The fraction of sp³-hybridized carbons (Fsp3) is 0.562. The van der Waals surface area contributed by atoms with Gasteiger partial charge < -0.3 is 15.1 Å². The van der Waals surface area contributed by atoms with E-state index in [9.17, 15) is 4.79 Å². The van der Waals surface area contributed by atoms with Crippen LogP contribution < -0.4 is 10.2 Å². The van der Waals surface area contributed by atoms with Gasteiger partial charge in [0.25, 0.3) is 0 Å². The van der Waals surface area contributed by atoms with Gasteiger partial charge in [-0.05, 0) is 19.3 Å². The number of amides is 2. The second-order valence-corrected chi connectivity index (χ2v) is 7.23. The molecule has 1 atom stereocenters. The Balaban J connectivity index is 1.36. The largest absolute Gasteiger partial charge is 0.345 e. The van der Waals surface area contributed by atoms with Crippen molar-refractivity contribution in [2.75, 3.05) is 31.1 Å². The lowest BCUT2D eigenvalue weighted by Crippen LogP contribution is -2.52. The van der Waals surface area contributed by atoms with Crippen LogP contribution in [0.5, 0.6) is 0 Å². The molecule has 8 heteroatoms. The Morgan fingerprint density at radius 2 is 2.17 bits per heavy atom. The highest BCUT2D eigenvalue weighted by molar-refractivity contribution is 7.13. The second kappa shape index (κ2) is 6.43. The molecule has 2 amide bonds. The lowest BCUT2D eigenvalue weighted by Gasteiger charge is -2.35. The first-order valence-electron chi connectivity index (χ1n) is 8.43. The molecule has 1 fully saturated rings. The highest BCUT2D eigenvalue weighted by Crippen LogP contribution is 2.29. The number of carbonyl (C=O) groups excluding carboxylic acids is 1. The number of nitrogens with zero attached hydrogens (tertiary/aromatic N) is 5. The fourth-order valence-corrected chi connectivity index (χ4v) is 4.27. The molecule has 2 aliphatic rings. The van der Waals surface area contributed by atoms with Crippen LogP contribution in [0.4, 0.5) is 9.93 Å². The Morgan fingerprint density at radius 1 is 1.33 bits per heavy atom. The van der Waals surface area contributed by atoms with Crippen molar-refractivity contribution in [2.45, 2.75) is 25.3 Å². The van der Waals surface area contributed by atoms with Gasteiger partial charge in [0.05, 0.1) is 12.2 Å². The van der Waals surface area contributed by atoms with Gasteiger partial charge in [0.1, 0.15) is 0 Å². The molecule has 0 unspecified atom stereocenters. The summed E-state index contributed by atoms with van der Waals surface area (Å²) in [6.45, 7) is 3.14. The van der Waals surface area contributed by atoms with E-state index in [1.54, 1.807) is 11.3 Å². The standard InChI is InChI=1S/C16H22N6OS/c1-20-14-4-2-3-13(12(14)11-18-20)19-15(23)21-6-8-22(9-7-21)16-17-5-10-24-16/h5,10-11,13H,2-4,6-9H2,1H3,(H,19,23)/t13-/m1/s1. The molecule has 3 heterocycles. The molecular formula is C16H22N6OS. The predicted octanol–water partition coefficient (Wildman–Crippen LogP) is 1.79. The van der Waals surface area contributed by atoms with Crippen LogP contribution in [0.2, 0.25) is 0 Å². The molecule has 128 valence electrons. The Morgan fingerprint density at radius 3 is 2.92 bits per heavy atom. The van der Waals surface area contributed by atoms with E-state index in [0.717, 1.165) is 50.6 Å². The topological polar surface area (TPSA) is 66.3 Å². The number of piperazine rings is 1.